The van der Waals surface area contributed by atoms with Gasteiger partial charge in [-0.15, -0.1) is 11.3 Å². The van der Waals surface area contributed by atoms with Crippen LogP contribution in [0.3, 0.4) is 0 Å². The first-order chi connectivity index (χ1) is 26.5. The molecule has 0 aliphatic heterocycles. The SMILES string of the molecule is CC1(C)c2ccc(-c3ccc4c(c3)c3cc(-c5cccc6c5sc5ccccc56)ccc3n4-c3ccccc3)cc2-c2c1ccc1c2oc2ccccc21. The van der Waals surface area contributed by atoms with Gasteiger partial charge in [-0.25, -0.2) is 0 Å². The highest BCUT2D eigenvalue weighted by Crippen LogP contribution is 2.53. The minimum Gasteiger partial charge on any atom is -0.455 e. The van der Waals surface area contributed by atoms with E-state index in [0.717, 1.165) is 16.9 Å². The van der Waals surface area contributed by atoms with Gasteiger partial charge >= 0.3 is 0 Å². The Balaban J connectivity index is 1.08. The van der Waals surface area contributed by atoms with Crippen molar-refractivity contribution in [1.29, 1.82) is 0 Å². The largest absolute Gasteiger partial charge is 0.455 e. The lowest BCUT2D eigenvalue weighted by Crippen LogP contribution is -2.14. The van der Waals surface area contributed by atoms with Crippen molar-refractivity contribution in [2.45, 2.75) is 19.3 Å². The summed E-state index contributed by atoms with van der Waals surface area (Å²) in [6, 6.07) is 60.3. The fourth-order valence-corrected chi connectivity index (χ4v) is 10.6. The standard InChI is InChI=1S/C51H33NOS/c1-51(2)42-23-19-30(28-41(42)48-43(51)24-22-37-35-13-6-8-17-46(35)53-49(37)48)31-20-25-44-39(27-31)40-29-32(21-26-45(40)52(44)33-11-4-3-5-12-33)34-15-10-16-38-36-14-7-9-18-47(36)54-50(34)38/h3-29H,1-2H3. The smallest absolute Gasteiger partial charge is 0.143 e. The molecule has 0 atom stereocenters. The molecular formula is C51H33NOS. The third-order valence-electron chi connectivity index (χ3n) is 12.0. The number of para-hydroxylation sites is 2. The number of furan rings is 1. The second-order valence-electron chi connectivity index (χ2n) is 15.3. The van der Waals surface area contributed by atoms with Crippen LogP contribution in [0.2, 0.25) is 0 Å². The van der Waals surface area contributed by atoms with Crippen molar-refractivity contribution in [1.82, 2.24) is 4.57 Å². The van der Waals surface area contributed by atoms with E-state index in [4.69, 9.17) is 4.42 Å². The van der Waals surface area contributed by atoms with Crippen molar-refractivity contribution >= 4 is 75.3 Å². The average molecular weight is 708 g/mol. The molecule has 3 heteroatoms. The number of hydrogen-bond donors (Lipinski definition) is 0. The van der Waals surface area contributed by atoms with Crippen molar-refractivity contribution in [2.24, 2.45) is 0 Å². The lowest BCUT2D eigenvalue weighted by molar-refractivity contribution is 0.653. The molecule has 254 valence electrons. The highest BCUT2D eigenvalue weighted by atomic mass is 32.1. The van der Waals surface area contributed by atoms with Crippen molar-refractivity contribution in [3.05, 3.63) is 175 Å². The van der Waals surface area contributed by atoms with Crippen LogP contribution < -0.4 is 0 Å². The zero-order chi connectivity index (χ0) is 35.7. The molecule has 0 bridgehead atoms. The Morgan fingerprint density at radius 3 is 2.00 bits per heavy atom. The number of nitrogens with zero attached hydrogens (tertiary/aromatic N) is 1. The predicted octanol–water partition coefficient (Wildman–Crippen LogP) is 14.7. The molecular weight excluding hydrogens is 675 g/mol. The number of fused-ring (bicyclic) bond motifs is 13. The summed E-state index contributed by atoms with van der Waals surface area (Å²) in [6.45, 7) is 4.68. The summed E-state index contributed by atoms with van der Waals surface area (Å²) in [5.41, 5.74) is 15.5. The molecule has 0 amide bonds. The summed E-state index contributed by atoms with van der Waals surface area (Å²) in [7, 11) is 0. The molecule has 12 rings (SSSR count). The summed E-state index contributed by atoms with van der Waals surface area (Å²) >= 11 is 1.89. The number of thiophene rings is 1. The zero-order valence-electron chi connectivity index (χ0n) is 29.9. The summed E-state index contributed by atoms with van der Waals surface area (Å²) in [5, 5.41) is 7.49. The number of benzene rings is 8. The number of hydrogen-bond acceptors (Lipinski definition) is 2. The Morgan fingerprint density at radius 1 is 0.481 bits per heavy atom. The van der Waals surface area contributed by atoms with Crippen molar-refractivity contribution < 1.29 is 4.42 Å². The summed E-state index contributed by atoms with van der Waals surface area (Å²) in [4.78, 5) is 0. The highest BCUT2D eigenvalue weighted by Gasteiger charge is 2.38. The van der Waals surface area contributed by atoms with Crippen LogP contribution in [0.15, 0.2) is 168 Å². The molecule has 0 unspecified atom stereocenters. The first kappa shape index (κ1) is 30.1. The van der Waals surface area contributed by atoms with E-state index in [9.17, 15) is 0 Å². The first-order valence-corrected chi connectivity index (χ1v) is 19.5. The highest BCUT2D eigenvalue weighted by molar-refractivity contribution is 7.26. The molecule has 54 heavy (non-hydrogen) atoms. The van der Waals surface area contributed by atoms with Gasteiger partial charge in [0, 0.05) is 58.4 Å². The molecule has 2 nitrogen and oxygen atoms in total. The maximum absolute atomic E-state index is 6.63. The number of aromatic nitrogens is 1. The molecule has 0 fully saturated rings. The third kappa shape index (κ3) is 4.05. The molecule has 0 saturated heterocycles. The lowest BCUT2D eigenvalue weighted by atomic mass is 9.82. The molecule has 1 aliphatic carbocycles. The normalized spacial score (nSPS) is 13.5. The van der Waals surface area contributed by atoms with Crippen LogP contribution in [0.25, 0.3) is 103 Å². The van der Waals surface area contributed by atoms with E-state index >= 15 is 0 Å². The van der Waals surface area contributed by atoms with Crippen LogP contribution in [0.5, 0.6) is 0 Å². The van der Waals surface area contributed by atoms with Crippen LogP contribution in [0, 0.1) is 0 Å². The summed E-state index contributed by atoms with van der Waals surface area (Å²) < 4.78 is 11.7. The summed E-state index contributed by atoms with van der Waals surface area (Å²) in [5.74, 6) is 0. The molecule has 3 heterocycles. The molecule has 8 aromatic carbocycles. The van der Waals surface area contributed by atoms with Crippen LogP contribution in [-0.4, -0.2) is 4.57 Å². The third-order valence-corrected chi connectivity index (χ3v) is 13.2. The Bertz CT molecular complexity index is 3360. The molecule has 0 spiro atoms. The van der Waals surface area contributed by atoms with Crippen molar-refractivity contribution in [2.75, 3.05) is 0 Å². The Kier molecular flexibility index (Phi) is 6.03. The van der Waals surface area contributed by atoms with E-state index in [0.29, 0.717) is 0 Å². The quantitative estimate of drug-likeness (QED) is 0.179. The summed E-state index contributed by atoms with van der Waals surface area (Å²) in [6.07, 6.45) is 0. The number of rotatable bonds is 3. The average Bonchev–Trinajstić information content (AvgIpc) is 3.94. The first-order valence-electron chi connectivity index (χ1n) is 18.7. The van der Waals surface area contributed by atoms with Crippen molar-refractivity contribution in [3.63, 3.8) is 0 Å². The van der Waals surface area contributed by atoms with E-state index < -0.39 is 0 Å². The van der Waals surface area contributed by atoms with Gasteiger partial charge in [0.05, 0.1) is 11.0 Å². The van der Waals surface area contributed by atoms with Gasteiger partial charge in [0.25, 0.3) is 0 Å². The van der Waals surface area contributed by atoms with Gasteiger partial charge in [-0.1, -0.05) is 123 Å². The van der Waals surface area contributed by atoms with Gasteiger partial charge in [0.2, 0.25) is 0 Å². The minimum atomic E-state index is -0.128. The maximum Gasteiger partial charge on any atom is 0.143 e. The van der Waals surface area contributed by atoms with Gasteiger partial charge < -0.3 is 8.98 Å². The molecule has 0 N–H and O–H groups in total. The van der Waals surface area contributed by atoms with Gasteiger partial charge in [-0.05, 0) is 93.5 Å². The zero-order valence-corrected chi connectivity index (χ0v) is 30.7. The molecule has 11 aromatic rings. The fraction of sp³-hybridized carbons (Fsp3) is 0.0588. The van der Waals surface area contributed by atoms with E-state index in [2.05, 4.69) is 182 Å². The van der Waals surface area contributed by atoms with Gasteiger partial charge in [-0.2, -0.15) is 0 Å². The Morgan fingerprint density at radius 2 is 1.15 bits per heavy atom. The molecule has 3 aromatic heterocycles. The second kappa shape index (κ2) is 10.8. The van der Waals surface area contributed by atoms with Gasteiger partial charge in [0.1, 0.15) is 11.2 Å². The topological polar surface area (TPSA) is 18.1 Å². The monoisotopic (exact) mass is 707 g/mol. The van der Waals surface area contributed by atoms with Gasteiger partial charge in [0.15, 0.2) is 0 Å². The van der Waals surface area contributed by atoms with Crippen LogP contribution in [0.4, 0.5) is 0 Å². The molecule has 0 saturated carbocycles. The Hall–Kier alpha value is -6.42. The van der Waals surface area contributed by atoms with Crippen LogP contribution >= 0.6 is 11.3 Å². The van der Waals surface area contributed by atoms with E-state index in [1.807, 2.05) is 11.3 Å². The second-order valence-corrected chi connectivity index (χ2v) is 16.3. The van der Waals surface area contributed by atoms with E-state index in [-0.39, 0.29) is 5.41 Å². The van der Waals surface area contributed by atoms with E-state index in [1.54, 1.807) is 0 Å². The molecule has 0 radical (unpaired) electrons. The predicted molar refractivity (Wildman–Crippen MR) is 229 cm³/mol. The maximum atomic E-state index is 6.63. The van der Waals surface area contributed by atoms with Crippen LogP contribution in [0.1, 0.15) is 25.0 Å². The van der Waals surface area contributed by atoms with E-state index in [1.165, 1.54) is 97.3 Å². The van der Waals surface area contributed by atoms with Crippen molar-refractivity contribution in [3.8, 4) is 39.1 Å². The van der Waals surface area contributed by atoms with Crippen LogP contribution in [-0.2, 0) is 5.41 Å². The van der Waals surface area contributed by atoms with Gasteiger partial charge in [-0.3, -0.25) is 0 Å². The Labute approximate surface area is 316 Å². The molecule has 1 aliphatic rings. The lowest BCUT2D eigenvalue weighted by Gasteiger charge is -2.21. The fourth-order valence-electron chi connectivity index (χ4n) is 9.40. The minimum absolute atomic E-state index is 0.128.